The highest BCUT2D eigenvalue weighted by atomic mass is 79.9. The molecule has 1 aliphatic heterocycles. The van der Waals surface area contributed by atoms with Crippen LogP contribution in [0.4, 0.5) is 0 Å². The Bertz CT molecular complexity index is 572. The fourth-order valence-corrected chi connectivity index (χ4v) is 2.27. The zero-order valence-electron chi connectivity index (χ0n) is 10.6. The van der Waals surface area contributed by atoms with Crippen LogP contribution >= 0.6 is 28.1 Å². The standard InChI is InChI=1S/C13H13BrN2O2S/c1-3-18-11-5-4-9(14)6-8(11)7-10-12(17)16(2)13(19)15-10/h4-7H,3H2,1-2H3,(H,15,19)/b10-7+. The third kappa shape index (κ3) is 2.96. The van der Waals surface area contributed by atoms with Crippen molar-refractivity contribution in [3.8, 4) is 5.75 Å². The van der Waals surface area contributed by atoms with E-state index in [9.17, 15) is 4.79 Å². The van der Waals surface area contributed by atoms with Gasteiger partial charge in [0.25, 0.3) is 5.91 Å². The molecule has 0 bridgehead atoms. The number of nitrogens with one attached hydrogen (secondary N) is 1. The predicted octanol–water partition coefficient (Wildman–Crippen LogP) is 2.54. The van der Waals surface area contributed by atoms with Crippen LogP contribution in [0.5, 0.6) is 5.75 Å². The van der Waals surface area contributed by atoms with Crippen LogP contribution in [0.2, 0.25) is 0 Å². The van der Waals surface area contributed by atoms with Gasteiger partial charge < -0.3 is 10.1 Å². The summed E-state index contributed by atoms with van der Waals surface area (Å²) in [4.78, 5) is 13.3. The van der Waals surface area contributed by atoms with Gasteiger partial charge in [-0.25, -0.2) is 0 Å². The highest BCUT2D eigenvalue weighted by Crippen LogP contribution is 2.26. The van der Waals surface area contributed by atoms with Gasteiger partial charge in [-0.1, -0.05) is 15.9 Å². The number of benzene rings is 1. The molecule has 0 aliphatic carbocycles. The van der Waals surface area contributed by atoms with E-state index in [-0.39, 0.29) is 5.91 Å². The zero-order chi connectivity index (χ0) is 14.0. The van der Waals surface area contributed by atoms with Gasteiger partial charge >= 0.3 is 0 Å². The SMILES string of the molecule is CCOc1ccc(Br)cc1/C=C1/NC(=S)N(C)C1=O. The summed E-state index contributed by atoms with van der Waals surface area (Å²) in [7, 11) is 1.64. The van der Waals surface area contributed by atoms with Crippen molar-refractivity contribution in [2.45, 2.75) is 6.92 Å². The number of ether oxygens (including phenoxy) is 1. The van der Waals surface area contributed by atoms with Crippen molar-refractivity contribution in [1.29, 1.82) is 0 Å². The van der Waals surface area contributed by atoms with E-state index in [1.165, 1.54) is 4.90 Å². The van der Waals surface area contributed by atoms with Gasteiger partial charge in [-0.3, -0.25) is 9.69 Å². The third-order valence-electron chi connectivity index (χ3n) is 2.65. The van der Waals surface area contributed by atoms with E-state index in [1.54, 1.807) is 13.1 Å². The van der Waals surface area contributed by atoms with E-state index < -0.39 is 0 Å². The van der Waals surface area contributed by atoms with E-state index >= 15 is 0 Å². The monoisotopic (exact) mass is 340 g/mol. The van der Waals surface area contributed by atoms with Crippen molar-refractivity contribution >= 4 is 45.2 Å². The van der Waals surface area contributed by atoms with Crippen molar-refractivity contribution in [1.82, 2.24) is 10.2 Å². The topological polar surface area (TPSA) is 41.6 Å². The molecule has 1 aliphatic rings. The Morgan fingerprint density at radius 3 is 2.84 bits per heavy atom. The number of thiocarbonyl (C=S) groups is 1. The van der Waals surface area contributed by atoms with Crippen molar-refractivity contribution in [2.75, 3.05) is 13.7 Å². The molecule has 0 spiro atoms. The molecule has 1 fully saturated rings. The van der Waals surface area contributed by atoms with Crippen LogP contribution in [0.3, 0.4) is 0 Å². The van der Waals surface area contributed by atoms with E-state index in [1.807, 2.05) is 25.1 Å². The number of hydrogen-bond acceptors (Lipinski definition) is 3. The maximum Gasteiger partial charge on any atom is 0.276 e. The van der Waals surface area contributed by atoms with E-state index in [2.05, 4.69) is 21.2 Å². The van der Waals surface area contributed by atoms with E-state index in [4.69, 9.17) is 17.0 Å². The first-order valence-electron chi connectivity index (χ1n) is 5.76. The summed E-state index contributed by atoms with van der Waals surface area (Å²) >= 11 is 8.44. The summed E-state index contributed by atoms with van der Waals surface area (Å²) in [5.41, 5.74) is 1.27. The Balaban J connectivity index is 2.40. The smallest absolute Gasteiger partial charge is 0.276 e. The van der Waals surface area contributed by atoms with Crippen molar-refractivity contribution in [3.05, 3.63) is 33.9 Å². The van der Waals surface area contributed by atoms with Crippen molar-refractivity contribution in [2.24, 2.45) is 0 Å². The number of halogens is 1. The van der Waals surface area contributed by atoms with Crippen LogP contribution in [-0.2, 0) is 4.79 Å². The van der Waals surface area contributed by atoms with E-state index in [0.717, 1.165) is 15.8 Å². The average Bonchev–Trinajstić information content (AvgIpc) is 2.61. The summed E-state index contributed by atoms with van der Waals surface area (Å²) in [6.07, 6.45) is 1.74. The van der Waals surface area contributed by atoms with Crippen LogP contribution in [0.1, 0.15) is 12.5 Å². The summed E-state index contributed by atoms with van der Waals surface area (Å²) < 4.78 is 6.46. The Morgan fingerprint density at radius 2 is 2.26 bits per heavy atom. The molecule has 1 amide bonds. The number of amides is 1. The maximum atomic E-state index is 11.9. The summed E-state index contributed by atoms with van der Waals surface area (Å²) in [5, 5.41) is 3.30. The second-order valence-corrected chi connectivity index (χ2v) is 5.27. The van der Waals surface area contributed by atoms with Crippen molar-refractivity contribution < 1.29 is 9.53 Å². The minimum Gasteiger partial charge on any atom is -0.493 e. The Hall–Kier alpha value is -1.40. The van der Waals surface area contributed by atoms with Gasteiger partial charge in [0.2, 0.25) is 0 Å². The third-order valence-corrected chi connectivity index (χ3v) is 3.52. The summed E-state index contributed by atoms with van der Waals surface area (Å²) in [6.45, 7) is 2.48. The Kier molecular flexibility index (Phi) is 4.21. The number of hydrogen-bond donors (Lipinski definition) is 1. The molecule has 0 saturated carbocycles. The molecule has 1 aromatic rings. The maximum absolute atomic E-state index is 11.9. The van der Waals surface area contributed by atoms with Crippen LogP contribution in [0, 0.1) is 0 Å². The zero-order valence-corrected chi connectivity index (χ0v) is 13.0. The molecular formula is C13H13BrN2O2S. The van der Waals surface area contributed by atoms with Gasteiger partial charge in [0.15, 0.2) is 5.11 Å². The molecule has 0 atom stereocenters. The lowest BCUT2D eigenvalue weighted by atomic mass is 10.1. The minimum absolute atomic E-state index is 0.146. The average molecular weight is 341 g/mol. The van der Waals surface area contributed by atoms with Crippen LogP contribution in [0.15, 0.2) is 28.4 Å². The van der Waals surface area contributed by atoms with Gasteiger partial charge in [0.05, 0.1) is 6.61 Å². The van der Waals surface area contributed by atoms with Crippen LogP contribution in [0.25, 0.3) is 6.08 Å². The molecule has 1 N–H and O–H groups in total. The molecule has 1 heterocycles. The highest BCUT2D eigenvalue weighted by molar-refractivity contribution is 9.10. The number of carbonyl (C=O) groups is 1. The first-order valence-corrected chi connectivity index (χ1v) is 6.96. The molecule has 0 aromatic heterocycles. The molecule has 6 heteroatoms. The minimum atomic E-state index is -0.146. The van der Waals surface area contributed by atoms with Gasteiger partial charge in [-0.2, -0.15) is 0 Å². The highest BCUT2D eigenvalue weighted by Gasteiger charge is 2.27. The molecule has 0 unspecified atom stereocenters. The van der Waals surface area contributed by atoms with Crippen molar-refractivity contribution in [3.63, 3.8) is 0 Å². The normalized spacial score (nSPS) is 17.0. The van der Waals surface area contributed by atoms with E-state index in [0.29, 0.717) is 17.4 Å². The molecule has 1 saturated heterocycles. The van der Waals surface area contributed by atoms with Crippen LogP contribution in [-0.4, -0.2) is 29.6 Å². The first-order chi connectivity index (χ1) is 9.02. The Labute approximate surface area is 125 Å². The second-order valence-electron chi connectivity index (χ2n) is 3.97. The number of carbonyl (C=O) groups excluding carboxylic acids is 1. The lowest BCUT2D eigenvalue weighted by Gasteiger charge is -2.08. The quantitative estimate of drug-likeness (QED) is 0.678. The first kappa shape index (κ1) is 14.0. The van der Waals surface area contributed by atoms with Gasteiger partial charge in [0, 0.05) is 17.1 Å². The molecule has 100 valence electrons. The lowest BCUT2D eigenvalue weighted by Crippen LogP contribution is -2.25. The second kappa shape index (κ2) is 5.71. The molecule has 0 radical (unpaired) electrons. The fourth-order valence-electron chi connectivity index (χ4n) is 1.70. The summed E-state index contributed by atoms with van der Waals surface area (Å²) in [6, 6.07) is 5.66. The van der Waals surface area contributed by atoms with Gasteiger partial charge in [0.1, 0.15) is 11.4 Å². The lowest BCUT2D eigenvalue weighted by molar-refractivity contribution is -0.121. The predicted molar refractivity (Wildman–Crippen MR) is 81.8 cm³/mol. The number of nitrogens with zero attached hydrogens (tertiary/aromatic N) is 1. The molecule has 19 heavy (non-hydrogen) atoms. The molecular weight excluding hydrogens is 328 g/mol. The fraction of sp³-hybridized carbons (Fsp3) is 0.231. The Morgan fingerprint density at radius 1 is 1.53 bits per heavy atom. The van der Waals surface area contributed by atoms with Gasteiger partial charge in [-0.05, 0) is 43.4 Å². The molecule has 4 nitrogen and oxygen atoms in total. The van der Waals surface area contributed by atoms with Gasteiger partial charge in [-0.15, -0.1) is 0 Å². The molecule has 2 rings (SSSR count). The summed E-state index contributed by atoms with van der Waals surface area (Å²) in [5.74, 6) is 0.584. The number of rotatable bonds is 3. The van der Waals surface area contributed by atoms with Crippen LogP contribution < -0.4 is 10.1 Å². The largest absolute Gasteiger partial charge is 0.493 e. The number of likely N-dealkylation sites (N-methyl/N-ethyl adjacent to an activating group) is 1. The molecule has 1 aromatic carbocycles.